The molecule has 1 unspecified atom stereocenters. The minimum absolute atomic E-state index is 0.0787. The predicted octanol–water partition coefficient (Wildman–Crippen LogP) is 0.742. The minimum atomic E-state index is -2.84. The number of aromatic nitrogens is 1. The molecule has 1 aliphatic heterocycles. The second-order valence-electron chi connectivity index (χ2n) is 4.73. The highest BCUT2D eigenvalue weighted by atomic mass is 32.2. The molecule has 18 heavy (non-hydrogen) atoms. The van der Waals surface area contributed by atoms with Gasteiger partial charge in [-0.25, -0.2) is 13.4 Å². The number of nitrogens with one attached hydrogen (secondary N) is 1. The fraction of sp³-hybridized carbons (Fsp3) is 0.583. The maximum atomic E-state index is 11.5. The van der Waals surface area contributed by atoms with Crippen LogP contribution in [0.3, 0.4) is 0 Å². The van der Waals surface area contributed by atoms with Crippen LogP contribution in [0.15, 0.2) is 18.3 Å². The molecular weight excluding hydrogens is 250 g/mol. The molecule has 1 atom stereocenters. The van der Waals surface area contributed by atoms with Crippen LogP contribution < -0.4 is 5.32 Å². The van der Waals surface area contributed by atoms with Crippen molar-refractivity contribution in [3.63, 3.8) is 0 Å². The lowest BCUT2D eigenvalue weighted by atomic mass is 10.2. The zero-order valence-electron chi connectivity index (χ0n) is 10.8. The molecule has 2 heterocycles. The Morgan fingerprint density at radius 2 is 2.33 bits per heavy atom. The third kappa shape index (κ3) is 3.20. The van der Waals surface area contributed by atoms with E-state index in [2.05, 4.69) is 15.2 Å². The molecule has 0 aromatic carbocycles. The number of anilines is 1. The number of hydrogen-bond donors (Lipinski definition) is 1. The van der Waals surface area contributed by atoms with E-state index in [-0.39, 0.29) is 17.5 Å². The zero-order valence-corrected chi connectivity index (χ0v) is 11.6. The summed E-state index contributed by atoms with van der Waals surface area (Å²) in [5.41, 5.74) is 1.15. The predicted molar refractivity (Wildman–Crippen MR) is 72.3 cm³/mol. The molecule has 1 aliphatic rings. The highest BCUT2D eigenvalue weighted by Gasteiger charge is 2.27. The quantitative estimate of drug-likeness (QED) is 0.877. The van der Waals surface area contributed by atoms with Crippen LogP contribution in [-0.2, 0) is 16.4 Å². The first-order valence-corrected chi connectivity index (χ1v) is 7.89. The molecule has 0 amide bonds. The fourth-order valence-corrected chi connectivity index (χ4v) is 3.84. The van der Waals surface area contributed by atoms with Gasteiger partial charge in [-0.1, -0.05) is 0 Å². The van der Waals surface area contributed by atoms with E-state index in [1.807, 2.05) is 26.1 Å². The Kier molecular flexibility index (Phi) is 3.87. The monoisotopic (exact) mass is 269 g/mol. The maximum absolute atomic E-state index is 11.5. The number of pyridine rings is 1. The summed E-state index contributed by atoms with van der Waals surface area (Å²) in [6, 6.07) is 4.04. The van der Waals surface area contributed by atoms with Crippen molar-refractivity contribution in [2.75, 3.05) is 30.4 Å². The molecule has 1 aromatic rings. The van der Waals surface area contributed by atoms with E-state index in [0.29, 0.717) is 6.54 Å². The van der Waals surface area contributed by atoms with Gasteiger partial charge in [-0.3, -0.25) is 4.90 Å². The van der Waals surface area contributed by atoms with Gasteiger partial charge in [0.2, 0.25) is 0 Å². The van der Waals surface area contributed by atoms with Gasteiger partial charge < -0.3 is 5.32 Å². The van der Waals surface area contributed by atoms with E-state index >= 15 is 0 Å². The largest absolute Gasteiger partial charge is 0.373 e. The van der Waals surface area contributed by atoms with Crippen LogP contribution in [0.1, 0.15) is 12.5 Å². The summed E-state index contributed by atoms with van der Waals surface area (Å²) in [4.78, 5) is 6.37. The molecule has 6 heteroatoms. The Morgan fingerprint density at radius 1 is 1.56 bits per heavy atom. The van der Waals surface area contributed by atoms with Crippen LogP contribution in [-0.4, -0.2) is 49.4 Å². The highest BCUT2D eigenvalue weighted by molar-refractivity contribution is 7.91. The van der Waals surface area contributed by atoms with Gasteiger partial charge in [0.1, 0.15) is 5.82 Å². The van der Waals surface area contributed by atoms with Crippen molar-refractivity contribution in [1.82, 2.24) is 9.88 Å². The summed E-state index contributed by atoms with van der Waals surface area (Å²) in [6.45, 7) is 3.35. The van der Waals surface area contributed by atoms with Crippen molar-refractivity contribution in [2.45, 2.75) is 19.5 Å². The van der Waals surface area contributed by atoms with Gasteiger partial charge in [-0.15, -0.1) is 0 Å². The van der Waals surface area contributed by atoms with E-state index in [1.165, 1.54) is 0 Å². The molecule has 0 bridgehead atoms. The summed E-state index contributed by atoms with van der Waals surface area (Å²) < 4.78 is 23.0. The standard InChI is InChI=1S/C12H19N3O2S/c1-10-9-18(16,17)6-5-15(10)8-11-3-4-14-12(7-11)13-2/h3-4,7,10H,5-6,8-9H2,1-2H3,(H,13,14). The fourth-order valence-electron chi connectivity index (χ4n) is 2.21. The Balaban J connectivity index is 2.05. The zero-order chi connectivity index (χ0) is 13.2. The average Bonchev–Trinajstić information content (AvgIpc) is 2.32. The first-order chi connectivity index (χ1) is 8.50. The van der Waals surface area contributed by atoms with E-state index in [4.69, 9.17) is 0 Å². The van der Waals surface area contributed by atoms with Crippen molar-refractivity contribution in [3.8, 4) is 0 Å². The molecular formula is C12H19N3O2S. The lowest BCUT2D eigenvalue weighted by Crippen LogP contribution is -2.46. The molecule has 1 saturated heterocycles. The summed E-state index contributed by atoms with van der Waals surface area (Å²) in [5, 5.41) is 3.00. The molecule has 0 saturated carbocycles. The van der Waals surface area contributed by atoms with Crippen molar-refractivity contribution < 1.29 is 8.42 Å². The second-order valence-corrected chi connectivity index (χ2v) is 6.96. The van der Waals surface area contributed by atoms with Gasteiger partial charge in [0.15, 0.2) is 9.84 Å². The van der Waals surface area contributed by atoms with Crippen LogP contribution in [0.5, 0.6) is 0 Å². The molecule has 1 N–H and O–H groups in total. The van der Waals surface area contributed by atoms with Gasteiger partial charge in [-0.05, 0) is 24.6 Å². The summed E-state index contributed by atoms with van der Waals surface area (Å²) in [5.74, 6) is 1.36. The highest BCUT2D eigenvalue weighted by Crippen LogP contribution is 2.16. The average molecular weight is 269 g/mol. The first kappa shape index (κ1) is 13.3. The van der Waals surface area contributed by atoms with Crippen LogP contribution in [0, 0.1) is 0 Å². The van der Waals surface area contributed by atoms with E-state index in [9.17, 15) is 8.42 Å². The third-order valence-corrected chi connectivity index (χ3v) is 5.07. The first-order valence-electron chi connectivity index (χ1n) is 6.07. The van der Waals surface area contributed by atoms with Crippen molar-refractivity contribution >= 4 is 15.7 Å². The van der Waals surface area contributed by atoms with Gasteiger partial charge in [-0.2, -0.15) is 0 Å². The normalized spacial score (nSPS) is 23.8. The molecule has 1 fully saturated rings. The molecule has 5 nitrogen and oxygen atoms in total. The minimum Gasteiger partial charge on any atom is -0.373 e. The maximum Gasteiger partial charge on any atom is 0.153 e. The molecule has 0 aliphatic carbocycles. The summed E-state index contributed by atoms with van der Waals surface area (Å²) >= 11 is 0. The van der Waals surface area contributed by atoms with Crippen LogP contribution >= 0.6 is 0 Å². The van der Waals surface area contributed by atoms with Crippen molar-refractivity contribution in [2.24, 2.45) is 0 Å². The Labute approximate surface area is 108 Å². The number of sulfone groups is 1. The number of nitrogens with zero attached hydrogens (tertiary/aromatic N) is 2. The van der Waals surface area contributed by atoms with E-state index < -0.39 is 9.84 Å². The van der Waals surface area contributed by atoms with Crippen LogP contribution in [0.25, 0.3) is 0 Å². The van der Waals surface area contributed by atoms with Gasteiger partial charge in [0.25, 0.3) is 0 Å². The molecule has 2 rings (SSSR count). The van der Waals surface area contributed by atoms with E-state index in [1.54, 1.807) is 6.20 Å². The van der Waals surface area contributed by atoms with Gasteiger partial charge in [0.05, 0.1) is 11.5 Å². The molecule has 0 spiro atoms. The van der Waals surface area contributed by atoms with Crippen molar-refractivity contribution in [1.29, 1.82) is 0 Å². The van der Waals surface area contributed by atoms with Gasteiger partial charge >= 0.3 is 0 Å². The number of rotatable bonds is 3. The van der Waals surface area contributed by atoms with Crippen LogP contribution in [0.2, 0.25) is 0 Å². The second kappa shape index (κ2) is 5.24. The SMILES string of the molecule is CNc1cc(CN2CCS(=O)(=O)CC2C)ccn1. The lowest BCUT2D eigenvalue weighted by Gasteiger charge is -2.33. The van der Waals surface area contributed by atoms with Crippen molar-refractivity contribution in [3.05, 3.63) is 23.9 Å². The Bertz CT molecular complexity index is 516. The summed E-state index contributed by atoms with van der Waals surface area (Å²) in [7, 11) is -1.00. The molecule has 1 aromatic heterocycles. The van der Waals surface area contributed by atoms with E-state index in [0.717, 1.165) is 17.9 Å². The Morgan fingerprint density at radius 3 is 3.00 bits per heavy atom. The smallest absolute Gasteiger partial charge is 0.153 e. The molecule has 0 radical (unpaired) electrons. The Hall–Kier alpha value is -1.14. The third-order valence-electron chi connectivity index (χ3n) is 3.27. The molecule has 100 valence electrons. The lowest BCUT2D eigenvalue weighted by molar-refractivity contribution is 0.218. The number of hydrogen-bond acceptors (Lipinski definition) is 5. The van der Waals surface area contributed by atoms with Gasteiger partial charge in [0, 0.05) is 32.4 Å². The topological polar surface area (TPSA) is 62.3 Å². The summed E-state index contributed by atoms with van der Waals surface area (Å²) in [6.07, 6.45) is 1.77. The van der Waals surface area contributed by atoms with Crippen LogP contribution in [0.4, 0.5) is 5.82 Å².